The third kappa shape index (κ3) is 0.971. The highest BCUT2D eigenvalue weighted by molar-refractivity contribution is 6.00. The Morgan fingerprint density at radius 2 is 2.25 bits per heavy atom. The molecular weight excluding hydrogens is 150 g/mol. The lowest BCUT2D eigenvalue weighted by Crippen LogP contribution is -2.38. The van der Waals surface area contributed by atoms with Crippen LogP contribution < -0.4 is 0 Å². The fourth-order valence-electron chi connectivity index (χ4n) is 2.45. The van der Waals surface area contributed by atoms with Gasteiger partial charge in [0.05, 0.1) is 5.41 Å². The van der Waals surface area contributed by atoms with Crippen molar-refractivity contribution < 1.29 is 4.79 Å². The van der Waals surface area contributed by atoms with Crippen LogP contribution >= 0.6 is 0 Å². The van der Waals surface area contributed by atoms with Crippen molar-refractivity contribution in [3.8, 4) is 12.3 Å². The summed E-state index contributed by atoms with van der Waals surface area (Å²) in [5.74, 6) is 2.32. The van der Waals surface area contributed by atoms with Gasteiger partial charge in [0.2, 0.25) is 5.78 Å². The van der Waals surface area contributed by atoms with Crippen molar-refractivity contribution in [2.24, 2.45) is 5.41 Å². The number of carbonyl (C=O) groups is 1. The summed E-state index contributed by atoms with van der Waals surface area (Å²) in [5, 5.41) is 0. The molecule has 2 nitrogen and oxygen atoms in total. The number of fused-ring (bicyclic) bond motifs is 2. The fourth-order valence-corrected chi connectivity index (χ4v) is 2.45. The van der Waals surface area contributed by atoms with Gasteiger partial charge < -0.3 is 4.90 Å². The number of hydrogen-bond acceptors (Lipinski definition) is 2. The molecule has 2 heterocycles. The average Bonchev–Trinajstić information content (AvgIpc) is 2.42. The number of hydrogen-bond donors (Lipinski definition) is 0. The van der Waals surface area contributed by atoms with Gasteiger partial charge in [0.15, 0.2) is 0 Å². The van der Waals surface area contributed by atoms with E-state index < -0.39 is 0 Å². The van der Waals surface area contributed by atoms with Gasteiger partial charge in [-0.1, -0.05) is 0 Å². The molecule has 2 aliphatic rings. The molecule has 2 heteroatoms. The zero-order valence-electron chi connectivity index (χ0n) is 7.18. The van der Waals surface area contributed by atoms with Gasteiger partial charge in [0.1, 0.15) is 0 Å². The molecule has 0 radical (unpaired) electrons. The van der Waals surface area contributed by atoms with Crippen molar-refractivity contribution in [3.05, 3.63) is 0 Å². The smallest absolute Gasteiger partial charge is 0.212 e. The number of terminal acetylenes is 1. The Hall–Kier alpha value is -0.810. The number of Topliss-reactive ketones (excluding diaryl/α,β-unsaturated/α-hetero) is 1. The second-order valence-corrected chi connectivity index (χ2v) is 3.88. The first-order chi connectivity index (χ1) is 5.77. The van der Waals surface area contributed by atoms with Gasteiger partial charge in [-0.15, -0.1) is 6.42 Å². The Balaban J connectivity index is 2.22. The summed E-state index contributed by atoms with van der Waals surface area (Å²) in [6.07, 6.45) is 8.29. The topological polar surface area (TPSA) is 20.3 Å². The van der Waals surface area contributed by atoms with Crippen LogP contribution in [0.3, 0.4) is 0 Å². The summed E-state index contributed by atoms with van der Waals surface area (Å²) in [6.45, 7) is 3.13. The van der Waals surface area contributed by atoms with Gasteiger partial charge >= 0.3 is 0 Å². The molecule has 0 saturated carbocycles. The van der Waals surface area contributed by atoms with E-state index in [0.717, 1.165) is 38.9 Å². The summed E-state index contributed by atoms with van der Waals surface area (Å²) >= 11 is 0. The Bertz CT molecular complexity index is 249. The molecular formula is C10H13NO. The van der Waals surface area contributed by atoms with E-state index >= 15 is 0 Å². The molecule has 2 saturated heterocycles. The summed E-state index contributed by atoms with van der Waals surface area (Å²) in [4.78, 5) is 13.8. The van der Waals surface area contributed by atoms with E-state index in [1.54, 1.807) is 0 Å². The summed E-state index contributed by atoms with van der Waals surface area (Å²) in [6, 6.07) is 0. The molecule has 0 amide bonds. The van der Waals surface area contributed by atoms with Crippen molar-refractivity contribution in [1.29, 1.82) is 0 Å². The third-order valence-electron chi connectivity index (χ3n) is 3.18. The molecule has 0 aromatic heterocycles. The highest BCUT2D eigenvalue weighted by atomic mass is 16.1. The molecule has 2 aliphatic heterocycles. The van der Waals surface area contributed by atoms with Gasteiger partial charge in [0.25, 0.3) is 0 Å². The lowest BCUT2D eigenvalue weighted by molar-refractivity contribution is -0.123. The van der Waals surface area contributed by atoms with Crippen LogP contribution in [-0.4, -0.2) is 30.3 Å². The molecule has 2 atom stereocenters. The zero-order chi connectivity index (χ0) is 8.60. The van der Waals surface area contributed by atoms with E-state index in [4.69, 9.17) is 6.42 Å². The molecule has 0 aromatic rings. The predicted molar refractivity (Wildman–Crippen MR) is 46.6 cm³/mol. The zero-order valence-corrected chi connectivity index (χ0v) is 7.18. The van der Waals surface area contributed by atoms with Gasteiger partial charge in [-0.05, 0) is 38.3 Å². The van der Waals surface area contributed by atoms with Crippen LogP contribution in [0.15, 0.2) is 0 Å². The molecule has 2 bridgehead atoms. The van der Waals surface area contributed by atoms with Crippen LogP contribution in [0.4, 0.5) is 0 Å². The maximum absolute atomic E-state index is 11.5. The van der Waals surface area contributed by atoms with E-state index in [9.17, 15) is 4.79 Å². The monoisotopic (exact) mass is 163 g/mol. The van der Waals surface area contributed by atoms with E-state index in [2.05, 4.69) is 10.8 Å². The number of nitrogens with zero attached hydrogens (tertiary/aromatic N) is 1. The minimum absolute atomic E-state index is 0.0321. The first-order valence-corrected chi connectivity index (χ1v) is 4.50. The van der Waals surface area contributed by atoms with Crippen LogP contribution in [0.1, 0.15) is 19.3 Å². The third-order valence-corrected chi connectivity index (χ3v) is 3.18. The molecule has 0 N–H and O–H groups in total. The van der Waals surface area contributed by atoms with E-state index in [1.165, 1.54) is 0 Å². The average molecular weight is 163 g/mol. The molecule has 0 aliphatic carbocycles. The Kier molecular flexibility index (Phi) is 1.69. The molecule has 0 spiro atoms. The van der Waals surface area contributed by atoms with Crippen LogP contribution in [0.5, 0.6) is 0 Å². The molecule has 12 heavy (non-hydrogen) atoms. The molecule has 2 unspecified atom stereocenters. The minimum Gasteiger partial charge on any atom is -0.302 e. The van der Waals surface area contributed by atoms with E-state index in [0.29, 0.717) is 0 Å². The predicted octanol–water partition coefficient (Wildman–Crippen LogP) is 0.675. The van der Waals surface area contributed by atoms with Crippen molar-refractivity contribution >= 4 is 5.78 Å². The molecule has 64 valence electrons. The van der Waals surface area contributed by atoms with Crippen molar-refractivity contribution in [2.75, 3.05) is 19.6 Å². The van der Waals surface area contributed by atoms with Crippen molar-refractivity contribution in [1.82, 2.24) is 4.90 Å². The molecule has 0 aromatic carbocycles. The van der Waals surface area contributed by atoms with Crippen LogP contribution in [-0.2, 0) is 4.79 Å². The standard InChI is InChI=1S/C10H13NO/c1-2-9(12)10-4-3-6-11(8-10)7-5-10/h1H,3-8H2. The van der Waals surface area contributed by atoms with Crippen molar-refractivity contribution in [2.45, 2.75) is 19.3 Å². The maximum Gasteiger partial charge on any atom is 0.212 e. The first-order valence-electron chi connectivity index (χ1n) is 4.50. The van der Waals surface area contributed by atoms with Gasteiger partial charge in [-0.25, -0.2) is 0 Å². The van der Waals surface area contributed by atoms with Gasteiger partial charge in [0, 0.05) is 6.54 Å². The van der Waals surface area contributed by atoms with Crippen LogP contribution in [0.25, 0.3) is 0 Å². The number of carbonyl (C=O) groups excluding carboxylic acids is 1. The second kappa shape index (κ2) is 2.60. The highest BCUT2D eigenvalue weighted by Gasteiger charge is 2.45. The fraction of sp³-hybridized carbons (Fsp3) is 0.700. The highest BCUT2D eigenvalue weighted by Crippen LogP contribution is 2.39. The Morgan fingerprint density at radius 1 is 1.42 bits per heavy atom. The Labute approximate surface area is 72.9 Å². The SMILES string of the molecule is C#CC(=O)C12CCCN(CC1)C2. The summed E-state index contributed by atoms with van der Waals surface area (Å²) in [5.41, 5.74) is -0.146. The molecule has 2 rings (SSSR count). The van der Waals surface area contributed by atoms with Crippen LogP contribution in [0.2, 0.25) is 0 Å². The van der Waals surface area contributed by atoms with Gasteiger partial charge in [-0.2, -0.15) is 0 Å². The lowest BCUT2D eigenvalue weighted by atomic mass is 9.77. The summed E-state index contributed by atoms with van der Waals surface area (Å²) in [7, 11) is 0. The minimum atomic E-state index is -0.146. The normalized spacial score (nSPS) is 39.1. The maximum atomic E-state index is 11.5. The number of piperidine rings is 1. The molecule has 2 fully saturated rings. The lowest BCUT2D eigenvalue weighted by Gasteiger charge is -2.30. The number of ketones is 1. The number of rotatable bonds is 1. The largest absolute Gasteiger partial charge is 0.302 e. The second-order valence-electron chi connectivity index (χ2n) is 3.88. The van der Waals surface area contributed by atoms with Crippen LogP contribution in [0, 0.1) is 17.8 Å². The summed E-state index contributed by atoms with van der Waals surface area (Å²) < 4.78 is 0. The van der Waals surface area contributed by atoms with E-state index in [1.807, 2.05) is 0 Å². The first kappa shape index (κ1) is 7.82. The van der Waals surface area contributed by atoms with Crippen molar-refractivity contribution in [3.63, 3.8) is 0 Å². The van der Waals surface area contributed by atoms with Gasteiger partial charge in [-0.3, -0.25) is 4.79 Å². The quantitative estimate of drug-likeness (QED) is 0.418. The van der Waals surface area contributed by atoms with E-state index in [-0.39, 0.29) is 11.2 Å². The Morgan fingerprint density at radius 3 is 3.00 bits per heavy atom.